The number of hydrogen-bond donors (Lipinski definition) is 0. The van der Waals surface area contributed by atoms with Crippen molar-refractivity contribution >= 4 is 5.91 Å². The summed E-state index contributed by atoms with van der Waals surface area (Å²) in [5, 5.41) is 0. The molecular weight excluding hydrogens is 398 g/mol. The van der Waals surface area contributed by atoms with Crippen molar-refractivity contribution in [2.75, 3.05) is 26.3 Å². The maximum Gasteiger partial charge on any atom is 0.223 e. The molecule has 4 nitrogen and oxygen atoms in total. The van der Waals surface area contributed by atoms with Gasteiger partial charge in [-0.3, -0.25) is 4.79 Å². The second-order valence-electron chi connectivity index (χ2n) is 8.25. The van der Waals surface area contributed by atoms with Gasteiger partial charge in [0.05, 0.1) is 13.2 Å². The van der Waals surface area contributed by atoms with Crippen LogP contribution in [0.25, 0.3) is 11.1 Å². The summed E-state index contributed by atoms with van der Waals surface area (Å²) >= 11 is 0. The Kier molecular flexibility index (Phi) is 5.66. The summed E-state index contributed by atoms with van der Waals surface area (Å²) in [5.74, 6) is 3.58. The molecule has 3 aromatic rings. The van der Waals surface area contributed by atoms with Gasteiger partial charge in [0, 0.05) is 24.4 Å². The van der Waals surface area contributed by atoms with Gasteiger partial charge >= 0.3 is 0 Å². The number of benzene rings is 3. The van der Waals surface area contributed by atoms with Gasteiger partial charge in [-0.1, -0.05) is 60.5 Å². The highest BCUT2D eigenvalue weighted by Gasteiger charge is 2.32. The lowest BCUT2D eigenvalue weighted by atomic mass is 9.93. The first-order valence-electron chi connectivity index (χ1n) is 11.0. The van der Waals surface area contributed by atoms with Crippen LogP contribution in [0.15, 0.2) is 72.8 Å². The summed E-state index contributed by atoms with van der Waals surface area (Å²) in [4.78, 5) is 15.2. The number of hydrogen-bond acceptors (Lipinski definition) is 3. The van der Waals surface area contributed by atoms with Crippen molar-refractivity contribution in [2.24, 2.45) is 0 Å². The lowest BCUT2D eigenvalue weighted by Gasteiger charge is -2.33. The first-order valence-corrected chi connectivity index (χ1v) is 11.0. The van der Waals surface area contributed by atoms with Gasteiger partial charge in [0.25, 0.3) is 0 Å². The van der Waals surface area contributed by atoms with E-state index in [1.165, 1.54) is 22.3 Å². The molecule has 0 bridgehead atoms. The number of morpholine rings is 1. The van der Waals surface area contributed by atoms with Crippen LogP contribution in [-0.4, -0.2) is 43.2 Å². The zero-order chi connectivity index (χ0) is 21.9. The normalized spacial score (nSPS) is 17.3. The van der Waals surface area contributed by atoms with Gasteiger partial charge in [0.1, 0.15) is 18.5 Å². The first-order chi connectivity index (χ1) is 15.7. The van der Waals surface area contributed by atoms with Gasteiger partial charge in [-0.2, -0.15) is 0 Å². The van der Waals surface area contributed by atoms with Gasteiger partial charge in [-0.15, -0.1) is 6.42 Å². The van der Waals surface area contributed by atoms with Crippen molar-refractivity contribution in [2.45, 2.75) is 18.4 Å². The lowest BCUT2D eigenvalue weighted by molar-refractivity contribution is -0.140. The number of amides is 1. The molecule has 1 aliphatic carbocycles. The van der Waals surface area contributed by atoms with E-state index < -0.39 is 0 Å². The second kappa shape index (κ2) is 8.90. The molecule has 0 radical (unpaired) electrons. The van der Waals surface area contributed by atoms with E-state index in [2.05, 4.69) is 54.5 Å². The third kappa shape index (κ3) is 4.00. The minimum absolute atomic E-state index is 0.0962. The number of fused-ring (bicyclic) bond motifs is 3. The van der Waals surface area contributed by atoms with E-state index in [0.29, 0.717) is 38.5 Å². The molecule has 0 N–H and O–H groups in total. The minimum Gasteiger partial charge on any atom is -0.491 e. The zero-order valence-electron chi connectivity index (χ0n) is 17.9. The maximum atomic E-state index is 13.3. The van der Waals surface area contributed by atoms with Crippen molar-refractivity contribution in [1.82, 2.24) is 4.90 Å². The lowest BCUT2D eigenvalue weighted by Crippen LogP contribution is -2.47. The molecule has 3 aromatic carbocycles. The first kappa shape index (κ1) is 20.4. The molecule has 1 unspecified atom stereocenters. The Balaban J connectivity index is 1.25. The molecule has 1 aliphatic heterocycles. The molecule has 1 heterocycles. The van der Waals surface area contributed by atoms with Gasteiger partial charge < -0.3 is 14.4 Å². The van der Waals surface area contributed by atoms with Crippen LogP contribution in [0.4, 0.5) is 0 Å². The highest BCUT2D eigenvalue weighted by Crippen LogP contribution is 2.46. The molecule has 0 aromatic heterocycles. The number of rotatable bonds is 5. The fraction of sp³-hybridized carbons (Fsp3) is 0.250. The summed E-state index contributed by atoms with van der Waals surface area (Å²) in [7, 11) is 0. The third-order valence-electron chi connectivity index (χ3n) is 6.27. The van der Waals surface area contributed by atoms with E-state index in [4.69, 9.17) is 15.9 Å². The van der Waals surface area contributed by atoms with E-state index in [-0.39, 0.29) is 17.9 Å². The fourth-order valence-corrected chi connectivity index (χ4v) is 4.70. The van der Waals surface area contributed by atoms with E-state index >= 15 is 0 Å². The molecule has 5 rings (SSSR count). The van der Waals surface area contributed by atoms with Crippen LogP contribution in [0, 0.1) is 12.3 Å². The maximum absolute atomic E-state index is 13.3. The number of nitrogens with zero attached hydrogens (tertiary/aromatic N) is 1. The van der Waals surface area contributed by atoms with Gasteiger partial charge in [0.2, 0.25) is 5.91 Å². The molecule has 1 saturated heterocycles. The standard InChI is InChI=1S/C28H25NO3/c1-2-20-8-7-9-21(16-20)32-19-22-18-29(14-15-31-22)28(30)17-27-25-12-5-3-10-23(25)24-11-4-6-13-26(24)27/h1,3-13,16,22,27H,14-15,17-19H2. The van der Waals surface area contributed by atoms with Crippen molar-refractivity contribution < 1.29 is 14.3 Å². The zero-order valence-corrected chi connectivity index (χ0v) is 17.9. The molecule has 1 fully saturated rings. The molecule has 4 heteroatoms. The summed E-state index contributed by atoms with van der Waals surface area (Å²) in [5.41, 5.74) is 5.74. The van der Waals surface area contributed by atoms with Crippen molar-refractivity contribution in [3.63, 3.8) is 0 Å². The van der Waals surface area contributed by atoms with Crippen LogP contribution in [0.5, 0.6) is 5.75 Å². The Labute approximate surface area is 188 Å². The van der Waals surface area contributed by atoms with Crippen molar-refractivity contribution in [1.29, 1.82) is 0 Å². The average Bonchev–Trinajstić information content (AvgIpc) is 3.17. The van der Waals surface area contributed by atoms with E-state index in [1.807, 2.05) is 29.2 Å². The largest absolute Gasteiger partial charge is 0.491 e. The number of carbonyl (C=O) groups is 1. The Hall–Kier alpha value is -3.55. The smallest absolute Gasteiger partial charge is 0.223 e. The van der Waals surface area contributed by atoms with Crippen molar-refractivity contribution in [3.8, 4) is 29.2 Å². The molecule has 1 atom stereocenters. The predicted molar refractivity (Wildman–Crippen MR) is 125 cm³/mol. The Morgan fingerprint density at radius 1 is 1.03 bits per heavy atom. The highest BCUT2D eigenvalue weighted by molar-refractivity contribution is 5.84. The molecule has 2 aliphatic rings. The second-order valence-corrected chi connectivity index (χ2v) is 8.25. The number of carbonyl (C=O) groups excluding carboxylic acids is 1. The van der Waals surface area contributed by atoms with Crippen LogP contribution >= 0.6 is 0 Å². The summed E-state index contributed by atoms with van der Waals surface area (Å²) in [6, 6.07) is 24.3. The Morgan fingerprint density at radius 2 is 1.75 bits per heavy atom. The number of terminal acetylenes is 1. The average molecular weight is 424 g/mol. The van der Waals surface area contributed by atoms with Crippen molar-refractivity contribution in [3.05, 3.63) is 89.5 Å². The molecule has 32 heavy (non-hydrogen) atoms. The van der Waals surface area contributed by atoms with Gasteiger partial charge in [-0.05, 0) is 40.5 Å². The third-order valence-corrected chi connectivity index (χ3v) is 6.27. The number of ether oxygens (including phenoxy) is 2. The molecule has 160 valence electrons. The monoisotopic (exact) mass is 423 g/mol. The summed E-state index contributed by atoms with van der Waals surface area (Å²) in [6.07, 6.45) is 5.76. The van der Waals surface area contributed by atoms with E-state index in [9.17, 15) is 4.79 Å². The predicted octanol–water partition coefficient (Wildman–Crippen LogP) is 4.48. The topological polar surface area (TPSA) is 38.8 Å². The van der Waals surface area contributed by atoms with Gasteiger partial charge in [0.15, 0.2) is 0 Å². The summed E-state index contributed by atoms with van der Waals surface area (Å²) in [6.45, 7) is 2.04. The van der Waals surface area contributed by atoms with E-state index in [0.717, 1.165) is 5.56 Å². The van der Waals surface area contributed by atoms with Crippen LogP contribution in [0.3, 0.4) is 0 Å². The SMILES string of the molecule is C#Cc1cccc(OCC2CN(C(=O)CC3c4ccccc4-c4ccccc43)CCO2)c1. The molecule has 1 amide bonds. The fourth-order valence-electron chi connectivity index (χ4n) is 4.70. The van der Waals surface area contributed by atoms with E-state index in [1.54, 1.807) is 0 Å². The molecular formula is C28H25NO3. The quantitative estimate of drug-likeness (QED) is 0.568. The van der Waals surface area contributed by atoms with Crippen LogP contribution < -0.4 is 4.74 Å². The van der Waals surface area contributed by atoms with Crippen LogP contribution in [0.2, 0.25) is 0 Å². The minimum atomic E-state index is -0.162. The molecule has 0 spiro atoms. The Bertz CT molecular complexity index is 1130. The highest BCUT2D eigenvalue weighted by atomic mass is 16.5. The molecule has 0 saturated carbocycles. The van der Waals surface area contributed by atoms with Crippen LogP contribution in [0.1, 0.15) is 29.0 Å². The Morgan fingerprint density at radius 3 is 2.47 bits per heavy atom. The van der Waals surface area contributed by atoms with Gasteiger partial charge in [-0.25, -0.2) is 0 Å². The van der Waals surface area contributed by atoms with Crippen LogP contribution in [-0.2, 0) is 9.53 Å². The summed E-state index contributed by atoms with van der Waals surface area (Å²) < 4.78 is 11.7.